The van der Waals surface area contributed by atoms with Gasteiger partial charge in [0.15, 0.2) is 11.5 Å². The number of halogens is 1. The van der Waals surface area contributed by atoms with Gasteiger partial charge in [0.1, 0.15) is 0 Å². The summed E-state index contributed by atoms with van der Waals surface area (Å²) in [5.41, 5.74) is 11.2. The van der Waals surface area contributed by atoms with Gasteiger partial charge in [0.25, 0.3) is 0 Å². The van der Waals surface area contributed by atoms with Crippen molar-refractivity contribution in [3.8, 4) is 11.5 Å². The number of rotatable bonds is 6. The highest BCUT2D eigenvalue weighted by Crippen LogP contribution is 2.36. The topological polar surface area (TPSA) is 95.2 Å². The highest BCUT2D eigenvalue weighted by molar-refractivity contribution is 9.10. The van der Waals surface area contributed by atoms with Crippen molar-refractivity contribution in [2.75, 3.05) is 13.2 Å². The Morgan fingerprint density at radius 2 is 1.95 bits per heavy atom. The average Bonchev–Trinajstić information content (AvgIpc) is 2.33. The molecule has 0 amide bonds. The minimum Gasteiger partial charge on any atom is -0.490 e. The molecular weight excluding hydrogens is 312 g/mol. The van der Waals surface area contributed by atoms with E-state index in [9.17, 15) is 0 Å². The van der Waals surface area contributed by atoms with Gasteiger partial charge in [-0.25, -0.2) is 0 Å². The van der Waals surface area contributed by atoms with Gasteiger partial charge in [-0.05, 0) is 47.5 Å². The first-order chi connectivity index (χ1) is 9.08. The van der Waals surface area contributed by atoms with Crippen molar-refractivity contribution in [1.29, 1.82) is 0 Å². The number of nitrogens with two attached hydrogens (primary N) is 2. The van der Waals surface area contributed by atoms with Crippen molar-refractivity contribution in [1.82, 2.24) is 0 Å². The Kier molecular flexibility index (Phi) is 6.14. The average molecular weight is 329 g/mol. The van der Waals surface area contributed by atoms with E-state index in [4.69, 9.17) is 20.9 Å². The van der Waals surface area contributed by atoms with Gasteiger partial charge < -0.3 is 20.9 Å². The Morgan fingerprint density at radius 1 is 1.26 bits per heavy atom. The second kappa shape index (κ2) is 7.63. The van der Waals surface area contributed by atoms with Crippen LogP contribution in [-0.2, 0) is 0 Å². The van der Waals surface area contributed by atoms with Gasteiger partial charge in [-0.15, -0.1) is 5.10 Å². The van der Waals surface area contributed by atoms with E-state index in [0.29, 0.717) is 24.7 Å². The van der Waals surface area contributed by atoms with Crippen molar-refractivity contribution in [2.45, 2.75) is 13.8 Å². The van der Waals surface area contributed by atoms with Crippen molar-refractivity contribution >= 4 is 28.1 Å². The molecule has 0 aliphatic carbocycles. The Labute approximate surface area is 120 Å². The molecule has 0 aromatic heterocycles. The summed E-state index contributed by atoms with van der Waals surface area (Å²) in [5.74, 6) is 1.22. The molecule has 1 aromatic rings. The first-order valence-electron chi connectivity index (χ1n) is 5.79. The molecule has 0 saturated carbocycles. The first-order valence-corrected chi connectivity index (χ1v) is 6.58. The van der Waals surface area contributed by atoms with Crippen LogP contribution in [0.15, 0.2) is 26.8 Å². The molecule has 0 radical (unpaired) electrons. The summed E-state index contributed by atoms with van der Waals surface area (Å²) in [6.07, 6.45) is 1.53. The fourth-order valence-electron chi connectivity index (χ4n) is 1.37. The highest BCUT2D eigenvalue weighted by Gasteiger charge is 2.11. The van der Waals surface area contributed by atoms with Crippen molar-refractivity contribution in [2.24, 2.45) is 21.7 Å². The molecule has 104 valence electrons. The molecule has 0 atom stereocenters. The van der Waals surface area contributed by atoms with Gasteiger partial charge in [-0.2, -0.15) is 5.10 Å². The van der Waals surface area contributed by atoms with Gasteiger partial charge in [-0.1, -0.05) is 0 Å². The zero-order chi connectivity index (χ0) is 14.3. The third-order valence-corrected chi connectivity index (χ3v) is 2.59. The maximum atomic E-state index is 5.54. The third kappa shape index (κ3) is 4.78. The molecular formula is C12H17BrN4O2. The quantitative estimate of drug-likeness (QED) is 0.473. The van der Waals surface area contributed by atoms with Crippen LogP contribution in [0.25, 0.3) is 0 Å². The monoisotopic (exact) mass is 328 g/mol. The molecule has 0 aliphatic rings. The molecule has 0 aliphatic heterocycles. The number of ether oxygens (including phenoxy) is 2. The van der Waals surface area contributed by atoms with E-state index in [1.807, 2.05) is 26.0 Å². The molecule has 0 heterocycles. The van der Waals surface area contributed by atoms with Crippen LogP contribution in [0.5, 0.6) is 11.5 Å². The highest BCUT2D eigenvalue weighted by atomic mass is 79.9. The first kappa shape index (κ1) is 15.3. The lowest BCUT2D eigenvalue weighted by atomic mass is 10.2. The van der Waals surface area contributed by atoms with E-state index in [0.717, 1.165) is 10.0 Å². The normalized spacial score (nSPS) is 10.5. The molecule has 0 fully saturated rings. The maximum Gasteiger partial charge on any atom is 0.211 e. The fraction of sp³-hybridized carbons (Fsp3) is 0.333. The predicted octanol–water partition coefficient (Wildman–Crippen LogP) is 1.85. The third-order valence-electron chi connectivity index (χ3n) is 2.00. The zero-order valence-corrected chi connectivity index (χ0v) is 12.5. The Hall–Kier alpha value is -1.76. The van der Waals surface area contributed by atoms with Crippen molar-refractivity contribution in [3.05, 3.63) is 22.2 Å². The molecule has 6 nitrogen and oxygen atoms in total. The molecule has 4 N–H and O–H groups in total. The molecule has 0 spiro atoms. The lowest BCUT2D eigenvalue weighted by Gasteiger charge is -2.13. The maximum absolute atomic E-state index is 5.54. The number of guanidine groups is 1. The largest absolute Gasteiger partial charge is 0.490 e. The second-order valence-corrected chi connectivity index (χ2v) is 4.32. The second-order valence-electron chi connectivity index (χ2n) is 3.47. The molecule has 0 saturated heterocycles. The van der Waals surface area contributed by atoms with Gasteiger partial charge in [0.2, 0.25) is 5.96 Å². The summed E-state index contributed by atoms with van der Waals surface area (Å²) in [7, 11) is 0. The van der Waals surface area contributed by atoms with Gasteiger partial charge in [-0.3, -0.25) is 0 Å². The van der Waals surface area contributed by atoms with E-state index in [1.54, 1.807) is 0 Å². The van der Waals surface area contributed by atoms with E-state index < -0.39 is 0 Å². The van der Waals surface area contributed by atoms with Gasteiger partial charge in [0.05, 0.1) is 23.9 Å². The Balaban J connectivity index is 3.08. The molecule has 19 heavy (non-hydrogen) atoms. The van der Waals surface area contributed by atoms with Crippen LogP contribution in [0.3, 0.4) is 0 Å². The van der Waals surface area contributed by atoms with E-state index in [-0.39, 0.29) is 5.96 Å². The minimum atomic E-state index is -0.0914. The summed E-state index contributed by atoms with van der Waals surface area (Å²) in [6, 6.07) is 3.66. The summed E-state index contributed by atoms with van der Waals surface area (Å²) in [5, 5.41) is 7.29. The minimum absolute atomic E-state index is 0.0914. The van der Waals surface area contributed by atoms with Crippen LogP contribution in [0.4, 0.5) is 0 Å². The van der Waals surface area contributed by atoms with Crippen LogP contribution >= 0.6 is 15.9 Å². The summed E-state index contributed by atoms with van der Waals surface area (Å²) in [4.78, 5) is 0. The molecule has 0 bridgehead atoms. The van der Waals surface area contributed by atoms with E-state index in [1.165, 1.54) is 6.21 Å². The van der Waals surface area contributed by atoms with Crippen LogP contribution in [0.2, 0.25) is 0 Å². The number of hydrogen-bond donors (Lipinski definition) is 2. The fourth-order valence-corrected chi connectivity index (χ4v) is 1.95. The lowest BCUT2D eigenvalue weighted by molar-refractivity contribution is 0.286. The van der Waals surface area contributed by atoms with Crippen LogP contribution < -0.4 is 20.9 Å². The van der Waals surface area contributed by atoms with Crippen LogP contribution in [0, 0.1) is 0 Å². The van der Waals surface area contributed by atoms with E-state index in [2.05, 4.69) is 26.1 Å². The number of nitrogens with zero attached hydrogens (tertiary/aromatic N) is 2. The van der Waals surface area contributed by atoms with E-state index >= 15 is 0 Å². The SMILES string of the molecule is CCOc1cc(/C=N\N=C(N)N)cc(Br)c1OCC. The molecule has 1 rings (SSSR count). The van der Waals surface area contributed by atoms with Crippen LogP contribution in [-0.4, -0.2) is 25.4 Å². The zero-order valence-electron chi connectivity index (χ0n) is 10.9. The number of hydrogen-bond acceptors (Lipinski definition) is 4. The Bertz CT molecular complexity index is 485. The summed E-state index contributed by atoms with van der Waals surface area (Å²) < 4.78 is 11.9. The standard InChI is InChI=1S/C12H17BrN4O2/c1-3-18-10-6-8(7-16-17-12(14)15)5-9(13)11(10)19-4-2/h5-7H,3-4H2,1-2H3,(H4,14,15,17)/b16-7-. The summed E-state index contributed by atoms with van der Waals surface area (Å²) in [6.45, 7) is 4.92. The molecule has 7 heteroatoms. The lowest BCUT2D eigenvalue weighted by Crippen LogP contribution is -2.21. The predicted molar refractivity (Wildman–Crippen MR) is 79.9 cm³/mol. The van der Waals surface area contributed by atoms with Crippen molar-refractivity contribution < 1.29 is 9.47 Å². The van der Waals surface area contributed by atoms with Gasteiger partial charge >= 0.3 is 0 Å². The molecule has 0 unspecified atom stereocenters. The van der Waals surface area contributed by atoms with Gasteiger partial charge in [0, 0.05) is 0 Å². The smallest absolute Gasteiger partial charge is 0.211 e. The summed E-state index contributed by atoms with van der Waals surface area (Å²) >= 11 is 3.44. The van der Waals surface area contributed by atoms with Crippen LogP contribution in [0.1, 0.15) is 19.4 Å². The Morgan fingerprint density at radius 3 is 2.53 bits per heavy atom. The van der Waals surface area contributed by atoms with Crippen molar-refractivity contribution in [3.63, 3.8) is 0 Å². The number of benzene rings is 1. The molecule has 1 aromatic carbocycles.